The summed E-state index contributed by atoms with van der Waals surface area (Å²) in [5.41, 5.74) is 1.96. The van der Waals surface area contributed by atoms with Crippen LogP contribution in [0.25, 0.3) is 0 Å². The highest BCUT2D eigenvalue weighted by Gasteiger charge is 2.38. The van der Waals surface area contributed by atoms with E-state index in [1.54, 1.807) is 11.8 Å². The van der Waals surface area contributed by atoms with Gasteiger partial charge in [0.2, 0.25) is 11.8 Å². The molecule has 2 aliphatic rings. The van der Waals surface area contributed by atoms with Crippen molar-refractivity contribution < 1.29 is 9.59 Å². The predicted octanol–water partition coefficient (Wildman–Crippen LogP) is 3.12. The van der Waals surface area contributed by atoms with Crippen molar-refractivity contribution in [3.05, 3.63) is 59.9 Å². The molecular formula is C25H32N4O2S. The molecule has 2 amide bonds. The number of nitrogens with zero attached hydrogens (tertiary/aromatic N) is 3. The largest absolute Gasteiger partial charge is 0.350 e. The fraction of sp³-hybridized carbons (Fsp3) is 0.480. The zero-order valence-corrected chi connectivity index (χ0v) is 19.6. The molecule has 2 aliphatic heterocycles. The van der Waals surface area contributed by atoms with E-state index in [-0.39, 0.29) is 17.4 Å². The summed E-state index contributed by atoms with van der Waals surface area (Å²) in [6.07, 6.45) is 7.17. The normalized spacial score (nSPS) is 21.5. The molecule has 4 rings (SSSR count). The predicted molar refractivity (Wildman–Crippen MR) is 127 cm³/mol. The van der Waals surface area contributed by atoms with Crippen molar-refractivity contribution in [3.8, 4) is 0 Å². The standard InChI is InChI=1S/C25H32N4O2S/c1-32-22-7-5-20(6-8-22)18-25(11-9-23(30)27-25)12-10-24(31)29-16-14-28(15-17-29)19-21-4-2-3-13-26-21/h2-8,13H,9-12,14-19H2,1H3,(H,27,30). The van der Waals surface area contributed by atoms with E-state index >= 15 is 0 Å². The van der Waals surface area contributed by atoms with Gasteiger partial charge in [0.05, 0.1) is 5.69 Å². The Morgan fingerprint density at radius 1 is 1.12 bits per heavy atom. The van der Waals surface area contributed by atoms with Gasteiger partial charge in [-0.25, -0.2) is 0 Å². The number of carbonyl (C=O) groups excluding carboxylic acids is 2. The molecule has 1 N–H and O–H groups in total. The molecule has 6 nitrogen and oxygen atoms in total. The van der Waals surface area contributed by atoms with Crippen molar-refractivity contribution in [2.24, 2.45) is 0 Å². The number of thioether (sulfide) groups is 1. The zero-order valence-electron chi connectivity index (χ0n) is 18.8. The molecule has 32 heavy (non-hydrogen) atoms. The van der Waals surface area contributed by atoms with Gasteiger partial charge in [0.1, 0.15) is 0 Å². The van der Waals surface area contributed by atoms with Crippen molar-refractivity contribution in [2.75, 3.05) is 32.4 Å². The maximum absolute atomic E-state index is 13.0. The first-order chi connectivity index (χ1) is 15.5. The number of carbonyl (C=O) groups is 2. The third-order valence-electron chi connectivity index (χ3n) is 6.59. The minimum atomic E-state index is -0.311. The van der Waals surface area contributed by atoms with E-state index in [1.165, 1.54) is 10.5 Å². The van der Waals surface area contributed by atoms with Gasteiger partial charge in [0.15, 0.2) is 0 Å². The average Bonchev–Trinajstić information content (AvgIpc) is 3.19. The fourth-order valence-corrected chi connectivity index (χ4v) is 5.10. The molecule has 0 saturated carbocycles. The van der Waals surface area contributed by atoms with Crippen LogP contribution in [0.2, 0.25) is 0 Å². The number of nitrogens with one attached hydrogen (secondary N) is 1. The Bertz CT molecular complexity index is 913. The molecule has 2 aromatic rings. The van der Waals surface area contributed by atoms with Crippen LogP contribution < -0.4 is 5.32 Å². The molecule has 1 aromatic carbocycles. The van der Waals surface area contributed by atoms with Gasteiger partial charge in [-0.2, -0.15) is 0 Å². The lowest BCUT2D eigenvalue weighted by Crippen LogP contribution is -2.49. The maximum atomic E-state index is 13.0. The van der Waals surface area contributed by atoms with Gasteiger partial charge >= 0.3 is 0 Å². The lowest BCUT2D eigenvalue weighted by Gasteiger charge is -2.36. The maximum Gasteiger partial charge on any atom is 0.222 e. The van der Waals surface area contributed by atoms with Gasteiger partial charge < -0.3 is 10.2 Å². The molecule has 1 atom stereocenters. The van der Waals surface area contributed by atoms with E-state index < -0.39 is 0 Å². The Balaban J connectivity index is 1.29. The molecule has 1 unspecified atom stereocenters. The van der Waals surface area contributed by atoms with Crippen LogP contribution in [0.5, 0.6) is 0 Å². The second-order valence-electron chi connectivity index (χ2n) is 8.83. The Labute approximate surface area is 194 Å². The monoisotopic (exact) mass is 452 g/mol. The highest BCUT2D eigenvalue weighted by atomic mass is 32.2. The first-order valence-electron chi connectivity index (χ1n) is 11.4. The summed E-state index contributed by atoms with van der Waals surface area (Å²) < 4.78 is 0. The van der Waals surface area contributed by atoms with Crippen LogP contribution in [0.4, 0.5) is 0 Å². The van der Waals surface area contributed by atoms with Crippen molar-refractivity contribution in [2.45, 2.75) is 49.1 Å². The minimum Gasteiger partial charge on any atom is -0.350 e. The first kappa shape index (κ1) is 22.8. The highest BCUT2D eigenvalue weighted by Crippen LogP contribution is 2.30. The molecule has 0 bridgehead atoms. The van der Waals surface area contributed by atoms with Gasteiger partial charge in [-0.05, 0) is 55.3 Å². The number of piperazine rings is 1. The number of amides is 2. The highest BCUT2D eigenvalue weighted by molar-refractivity contribution is 7.98. The fourth-order valence-electron chi connectivity index (χ4n) is 4.70. The summed E-state index contributed by atoms with van der Waals surface area (Å²) in [7, 11) is 0. The summed E-state index contributed by atoms with van der Waals surface area (Å²) >= 11 is 1.72. The summed E-state index contributed by atoms with van der Waals surface area (Å²) in [6, 6.07) is 14.5. The first-order valence-corrected chi connectivity index (χ1v) is 12.6. The third-order valence-corrected chi connectivity index (χ3v) is 7.33. The van der Waals surface area contributed by atoms with Gasteiger partial charge in [0, 0.05) is 62.2 Å². The molecular weight excluding hydrogens is 420 g/mol. The number of hydrogen-bond donors (Lipinski definition) is 1. The second-order valence-corrected chi connectivity index (χ2v) is 9.71. The summed E-state index contributed by atoms with van der Waals surface area (Å²) in [5.74, 6) is 0.294. The molecule has 0 radical (unpaired) electrons. The molecule has 0 aliphatic carbocycles. The molecule has 1 aromatic heterocycles. The molecule has 7 heteroatoms. The number of pyridine rings is 1. The van der Waals surface area contributed by atoms with Crippen LogP contribution in [-0.2, 0) is 22.6 Å². The van der Waals surface area contributed by atoms with Crippen molar-refractivity contribution in [1.29, 1.82) is 0 Å². The molecule has 170 valence electrons. The average molecular weight is 453 g/mol. The van der Waals surface area contributed by atoms with E-state index in [0.29, 0.717) is 19.3 Å². The topological polar surface area (TPSA) is 65.5 Å². The van der Waals surface area contributed by atoms with Crippen LogP contribution >= 0.6 is 11.8 Å². The van der Waals surface area contributed by atoms with Gasteiger partial charge in [-0.1, -0.05) is 18.2 Å². The molecule has 2 fully saturated rings. The Hall–Kier alpha value is -2.38. The van der Waals surface area contributed by atoms with Gasteiger partial charge in [0.25, 0.3) is 0 Å². The van der Waals surface area contributed by atoms with Gasteiger partial charge in [-0.15, -0.1) is 11.8 Å². The van der Waals surface area contributed by atoms with Crippen LogP contribution in [0.15, 0.2) is 53.6 Å². The molecule has 0 spiro atoms. The van der Waals surface area contributed by atoms with Crippen LogP contribution in [0, 0.1) is 0 Å². The van der Waals surface area contributed by atoms with E-state index in [9.17, 15) is 9.59 Å². The van der Waals surface area contributed by atoms with E-state index in [4.69, 9.17) is 0 Å². The van der Waals surface area contributed by atoms with E-state index in [2.05, 4.69) is 45.7 Å². The van der Waals surface area contributed by atoms with E-state index in [1.807, 2.05) is 29.3 Å². The zero-order chi connectivity index (χ0) is 22.4. The smallest absolute Gasteiger partial charge is 0.222 e. The number of rotatable bonds is 8. The quantitative estimate of drug-likeness (QED) is 0.624. The van der Waals surface area contributed by atoms with Crippen LogP contribution in [0.1, 0.15) is 36.9 Å². The van der Waals surface area contributed by atoms with E-state index in [0.717, 1.165) is 51.3 Å². The SMILES string of the molecule is CSc1ccc(CC2(CCC(=O)N3CCN(Cc4ccccn4)CC3)CCC(=O)N2)cc1. The summed E-state index contributed by atoms with van der Waals surface area (Å²) in [6.45, 7) is 4.06. The number of benzene rings is 1. The molecule has 2 saturated heterocycles. The van der Waals surface area contributed by atoms with Gasteiger partial charge in [-0.3, -0.25) is 19.5 Å². The van der Waals surface area contributed by atoms with Crippen molar-refractivity contribution in [1.82, 2.24) is 20.1 Å². The van der Waals surface area contributed by atoms with Crippen molar-refractivity contribution >= 4 is 23.6 Å². The number of aromatic nitrogens is 1. The summed E-state index contributed by atoms with van der Waals surface area (Å²) in [5, 5.41) is 3.21. The lowest BCUT2D eigenvalue weighted by molar-refractivity contribution is -0.133. The summed E-state index contributed by atoms with van der Waals surface area (Å²) in [4.78, 5) is 35.0. The Morgan fingerprint density at radius 3 is 2.53 bits per heavy atom. The van der Waals surface area contributed by atoms with Crippen molar-refractivity contribution in [3.63, 3.8) is 0 Å². The third kappa shape index (κ3) is 5.90. The lowest BCUT2D eigenvalue weighted by atomic mass is 9.85. The van der Waals surface area contributed by atoms with Crippen LogP contribution in [-0.4, -0.2) is 64.6 Å². The number of hydrogen-bond acceptors (Lipinski definition) is 5. The molecule has 3 heterocycles. The second kappa shape index (κ2) is 10.5. The van der Waals surface area contributed by atoms with Crippen LogP contribution in [0.3, 0.4) is 0 Å². The minimum absolute atomic E-state index is 0.0984. The Kier molecular flexibility index (Phi) is 7.48. The Morgan fingerprint density at radius 2 is 1.91 bits per heavy atom.